The number of pyridine rings is 6. The fraction of sp³-hybridized carbons (Fsp3) is 0. The number of hydrogen-bond donors (Lipinski definition) is 0. The largest absolute Gasteiger partial charge is 0.254 e. The van der Waals surface area contributed by atoms with Crippen molar-refractivity contribution in [1.82, 2.24) is 29.9 Å². The highest BCUT2D eigenvalue weighted by molar-refractivity contribution is 14.1. The first-order valence-corrected chi connectivity index (χ1v) is 20.3. The second-order valence-electron chi connectivity index (χ2n) is 13.9. The van der Waals surface area contributed by atoms with Crippen LogP contribution in [0.5, 0.6) is 0 Å². The molecule has 6 aromatic heterocycles. The summed E-state index contributed by atoms with van der Waals surface area (Å²) >= 11 is 4.78. The summed E-state index contributed by atoms with van der Waals surface area (Å²) in [6.45, 7) is 0. The van der Waals surface area contributed by atoms with E-state index in [1.165, 1.54) is 0 Å². The van der Waals surface area contributed by atoms with Gasteiger partial charge in [-0.3, -0.25) is 9.97 Å². The van der Waals surface area contributed by atoms with Gasteiger partial charge in [0.05, 0.1) is 55.9 Å². The Morgan fingerprint density at radius 3 is 0.875 bits per heavy atom. The number of halogens is 2. The zero-order valence-corrected chi connectivity index (χ0v) is 33.8. The van der Waals surface area contributed by atoms with Crippen LogP contribution in [-0.2, 0) is 0 Å². The molecule has 0 spiro atoms. The minimum Gasteiger partial charge on any atom is -0.254 e. The van der Waals surface area contributed by atoms with Gasteiger partial charge < -0.3 is 0 Å². The molecule has 6 nitrogen and oxygen atoms in total. The predicted octanol–water partition coefficient (Wildman–Crippen LogP) is 12.9. The van der Waals surface area contributed by atoms with Crippen LogP contribution >= 0.6 is 45.2 Å². The molecule has 0 saturated heterocycles. The molecule has 0 radical (unpaired) electrons. The van der Waals surface area contributed by atoms with Gasteiger partial charge in [0.1, 0.15) is 0 Å². The van der Waals surface area contributed by atoms with E-state index in [1.54, 1.807) is 0 Å². The Labute approximate surface area is 348 Å². The Balaban J connectivity index is 1.00. The normalized spacial score (nSPS) is 11.8. The van der Waals surface area contributed by atoms with E-state index in [0.29, 0.717) is 0 Å². The van der Waals surface area contributed by atoms with Crippen LogP contribution in [0, 0.1) is 7.14 Å². The maximum absolute atomic E-state index is 5.30. The molecule has 5 aromatic carbocycles. The molecule has 8 heteroatoms. The van der Waals surface area contributed by atoms with Crippen molar-refractivity contribution >= 4 is 111 Å². The Morgan fingerprint density at radius 2 is 0.554 bits per heavy atom. The van der Waals surface area contributed by atoms with Gasteiger partial charge in [-0.05, 0) is 118 Å². The van der Waals surface area contributed by atoms with Gasteiger partial charge in [0.25, 0.3) is 0 Å². The molecule has 56 heavy (non-hydrogen) atoms. The van der Waals surface area contributed by atoms with Crippen LogP contribution in [0.15, 0.2) is 158 Å². The summed E-state index contributed by atoms with van der Waals surface area (Å²) in [6.07, 6.45) is 3.65. The molecule has 0 amide bonds. The van der Waals surface area contributed by atoms with Gasteiger partial charge in [-0.2, -0.15) is 0 Å². The van der Waals surface area contributed by atoms with E-state index in [0.717, 1.165) is 118 Å². The SMILES string of the molecule is Ic1cc(-c2ccc3ccc4cccnc4c3n2)cc(-c2ccc3ccc4ccc(-c5cc(I)cc(-c6ccc7ccc8cccnc8c7n6)c5)nc4c3n2)c1. The standard InChI is InChI=1S/C48H26I2N6/c49-37-23-33(39-15-11-29-7-5-27-3-1-19-51-43(27)45(29)53-39)21-35(25-37)41-17-13-31-9-10-32-14-18-42(56-48(32)47(31)55-41)36-22-34(24-38(50)26-36)40-16-12-30-8-6-28-4-2-20-52-44(28)46(30)54-40/h1-26H. The highest BCUT2D eigenvalue weighted by Gasteiger charge is 2.14. The first-order chi connectivity index (χ1) is 27.5. The lowest BCUT2D eigenvalue weighted by atomic mass is 10.0. The Hall–Kier alpha value is -5.98. The first kappa shape index (κ1) is 33.4. The van der Waals surface area contributed by atoms with E-state index in [1.807, 2.05) is 24.5 Å². The van der Waals surface area contributed by atoms with Crippen LogP contribution < -0.4 is 0 Å². The van der Waals surface area contributed by atoms with E-state index in [2.05, 4.69) is 189 Å². The molecule has 11 rings (SSSR count). The predicted molar refractivity (Wildman–Crippen MR) is 245 cm³/mol. The Kier molecular flexibility index (Phi) is 7.95. The van der Waals surface area contributed by atoms with Gasteiger partial charge in [0.15, 0.2) is 0 Å². The fourth-order valence-electron chi connectivity index (χ4n) is 7.63. The highest BCUT2D eigenvalue weighted by atomic mass is 127. The van der Waals surface area contributed by atoms with Crippen LogP contribution in [0.3, 0.4) is 0 Å². The molecular weight excluding hydrogens is 914 g/mol. The van der Waals surface area contributed by atoms with Crippen LogP contribution in [0.25, 0.3) is 110 Å². The number of benzene rings is 5. The second-order valence-corrected chi connectivity index (χ2v) is 16.4. The van der Waals surface area contributed by atoms with Crippen LogP contribution in [-0.4, -0.2) is 29.9 Å². The lowest BCUT2D eigenvalue weighted by Crippen LogP contribution is -1.93. The molecule has 0 fully saturated rings. The maximum atomic E-state index is 5.30. The molecular formula is C48H26I2N6. The number of nitrogens with zero attached hydrogens (tertiary/aromatic N) is 6. The molecule has 11 aromatic rings. The lowest BCUT2D eigenvalue weighted by Gasteiger charge is -2.11. The molecule has 0 aliphatic rings. The van der Waals surface area contributed by atoms with Crippen molar-refractivity contribution in [2.45, 2.75) is 0 Å². The molecule has 0 saturated carbocycles. The van der Waals surface area contributed by atoms with E-state index in [-0.39, 0.29) is 0 Å². The number of aromatic nitrogens is 6. The van der Waals surface area contributed by atoms with Gasteiger partial charge >= 0.3 is 0 Å². The minimum atomic E-state index is 0.866. The van der Waals surface area contributed by atoms with E-state index in [4.69, 9.17) is 19.9 Å². The number of hydrogen-bond acceptors (Lipinski definition) is 6. The molecule has 0 atom stereocenters. The molecule has 0 unspecified atom stereocenters. The molecule has 0 bridgehead atoms. The molecule has 0 aliphatic heterocycles. The fourth-order valence-corrected chi connectivity index (χ4v) is 8.97. The van der Waals surface area contributed by atoms with Gasteiger partial charge in [-0.25, -0.2) is 19.9 Å². The van der Waals surface area contributed by atoms with Crippen molar-refractivity contribution in [1.29, 1.82) is 0 Å². The third-order valence-electron chi connectivity index (χ3n) is 10.4. The van der Waals surface area contributed by atoms with Gasteiger partial charge in [0, 0.05) is 74.1 Å². The van der Waals surface area contributed by atoms with E-state index >= 15 is 0 Å². The van der Waals surface area contributed by atoms with E-state index < -0.39 is 0 Å². The number of rotatable bonds is 4. The van der Waals surface area contributed by atoms with Gasteiger partial charge in [-0.1, -0.05) is 72.8 Å². The average molecular weight is 941 g/mol. The topological polar surface area (TPSA) is 77.3 Å². The molecule has 0 aliphatic carbocycles. The minimum absolute atomic E-state index is 0.866. The summed E-state index contributed by atoms with van der Waals surface area (Å²) in [6, 6.07) is 50.7. The molecule has 0 N–H and O–H groups in total. The van der Waals surface area contributed by atoms with Crippen molar-refractivity contribution in [2.75, 3.05) is 0 Å². The van der Waals surface area contributed by atoms with Crippen molar-refractivity contribution in [2.24, 2.45) is 0 Å². The second kappa shape index (κ2) is 13.3. The summed E-state index contributed by atoms with van der Waals surface area (Å²) in [5, 5.41) is 6.37. The molecule has 262 valence electrons. The van der Waals surface area contributed by atoms with Gasteiger partial charge in [0.2, 0.25) is 0 Å². The zero-order valence-electron chi connectivity index (χ0n) is 29.5. The van der Waals surface area contributed by atoms with Crippen molar-refractivity contribution in [3.05, 3.63) is 165 Å². The monoisotopic (exact) mass is 940 g/mol. The van der Waals surface area contributed by atoms with Crippen molar-refractivity contribution < 1.29 is 0 Å². The van der Waals surface area contributed by atoms with E-state index in [9.17, 15) is 0 Å². The third kappa shape index (κ3) is 5.82. The third-order valence-corrected chi connectivity index (χ3v) is 11.6. The summed E-state index contributed by atoms with van der Waals surface area (Å²) in [7, 11) is 0. The summed E-state index contributed by atoms with van der Waals surface area (Å²) < 4.78 is 2.21. The lowest BCUT2D eigenvalue weighted by molar-refractivity contribution is 1.35. The number of fused-ring (bicyclic) bond motifs is 9. The van der Waals surface area contributed by atoms with Crippen LogP contribution in [0.2, 0.25) is 0 Å². The summed E-state index contributed by atoms with van der Waals surface area (Å²) in [5.74, 6) is 0. The van der Waals surface area contributed by atoms with Crippen molar-refractivity contribution in [3.8, 4) is 45.0 Å². The zero-order chi connectivity index (χ0) is 37.3. The van der Waals surface area contributed by atoms with Crippen LogP contribution in [0.1, 0.15) is 0 Å². The highest BCUT2D eigenvalue weighted by Crippen LogP contribution is 2.35. The quantitative estimate of drug-likeness (QED) is 0.129. The average Bonchev–Trinajstić information content (AvgIpc) is 3.25. The van der Waals surface area contributed by atoms with Crippen molar-refractivity contribution in [3.63, 3.8) is 0 Å². The Morgan fingerprint density at radius 1 is 0.286 bits per heavy atom. The summed E-state index contributed by atoms with van der Waals surface area (Å²) in [4.78, 5) is 30.2. The van der Waals surface area contributed by atoms with Gasteiger partial charge in [-0.15, -0.1) is 0 Å². The van der Waals surface area contributed by atoms with Crippen LogP contribution in [0.4, 0.5) is 0 Å². The first-order valence-electron chi connectivity index (χ1n) is 18.1. The Bertz CT molecular complexity index is 3190. The maximum Gasteiger partial charge on any atom is 0.0972 e. The smallest absolute Gasteiger partial charge is 0.0972 e. The molecule has 6 heterocycles. The summed E-state index contributed by atoms with van der Waals surface area (Å²) in [5.41, 5.74) is 13.0.